The number of nitriles is 1. The van der Waals surface area contributed by atoms with Crippen LogP contribution < -0.4 is 0 Å². The van der Waals surface area contributed by atoms with Gasteiger partial charge in [0, 0.05) is 0 Å². The van der Waals surface area contributed by atoms with E-state index in [-0.39, 0.29) is 0 Å². The van der Waals surface area contributed by atoms with E-state index in [2.05, 4.69) is 50.9 Å². The van der Waals surface area contributed by atoms with Crippen LogP contribution in [0.2, 0.25) is 0 Å². The first-order valence-electron chi connectivity index (χ1n) is 7.58. The number of benzene rings is 1. The predicted molar refractivity (Wildman–Crippen MR) is 86.1 cm³/mol. The number of nitrogens with zero attached hydrogens (tertiary/aromatic N) is 4. The van der Waals surface area contributed by atoms with Crippen LogP contribution in [0.15, 0.2) is 12.1 Å². The summed E-state index contributed by atoms with van der Waals surface area (Å²) in [6.07, 6.45) is 2.38. The molecule has 2 aromatic rings. The SMILES string of the molecule is CCCCN(C)Cc1nc2cc(C)c(C)cc2n1CC#N. The van der Waals surface area contributed by atoms with Crippen molar-refractivity contribution in [2.24, 2.45) is 0 Å². The smallest absolute Gasteiger partial charge is 0.125 e. The maximum Gasteiger partial charge on any atom is 0.125 e. The maximum atomic E-state index is 9.11. The number of imidazole rings is 1. The van der Waals surface area contributed by atoms with Crippen LogP contribution in [0, 0.1) is 25.2 Å². The average molecular weight is 284 g/mol. The molecule has 112 valence electrons. The molecule has 0 saturated carbocycles. The predicted octanol–water partition coefficient (Wildman–Crippen LogP) is 3.41. The van der Waals surface area contributed by atoms with Crippen molar-refractivity contribution < 1.29 is 0 Å². The van der Waals surface area contributed by atoms with Gasteiger partial charge < -0.3 is 4.57 Å². The average Bonchev–Trinajstić information content (AvgIpc) is 2.75. The fourth-order valence-electron chi connectivity index (χ4n) is 2.55. The van der Waals surface area contributed by atoms with Crippen molar-refractivity contribution in [3.8, 4) is 6.07 Å². The monoisotopic (exact) mass is 284 g/mol. The number of aryl methyl sites for hydroxylation is 2. The Balaban J connectivity index is 2.38. The third-order valence-corrected chi connectivity index (χ3v) is 3.98. The van der Waals surface area contributed by atoms with E-state index in [0.717, 1.165) is 29.9 Å². The Morgan fingerprint density at radius 1 is 1.29 bits per heavy atom. The Bertz CT molecular complexity index is 663. The van der Waals surface area contributed by atoms with Crippen molar-refractivity contribution >= 4 is 11.0 Å². The molecule has 4 nitrogen and oxygen atoms in total. The summed E-state index contributed by atoms with van der Waals surface area (Å²) in [5, 5.41) is 9.11. The fraction of sp³-hybridized carbons (Fsp3) is 0.529. The van der Waals surface area contributed by atoms with E-state index >= 15 is 0 Å². The minimum atomic E-state index is 0.357. The van der Waals surface area contributed by atoms with E-state index in [1.165, 1.54) is 24.0 Å². The van der Waals surface area contributed by atoms with Gasteiger partial charge in [0.2, 0.25) is 0 Å². The summed E-state index contributed by atoms with van der Waals surface area (Å²) < 4.78 is 2.05. The first-order chi connectivity index (χ1) is 10.1. The Kier molecular flexibility index (Phi) is 4.98. The first-order valence-corrected chi connectivity index (χ1v) is 7.58. The van der Waals surface area contributed by atoms with Crippen LogP contribution in [-0.4, -0.2) is 28.0 Å². The largest absolute Gasteiger partial charge is 0.313 e. The molecule has 0 bridgehead atoms. The highest BCUT2D eigenvalue weighted by Crippen LogP contribution is 2.21. The zero-order valence-corrected chi connectivity index (χ0v) is 13.5. The van der Waals surface area contributed by atoms with E-state index in [4.69, 9.17) is 10.2 Å². The Morgan fingerprint density at radius 2 is 2.00 bits per heavy atom. The highest BCUT2D eigenvalue weighted by Gasteiger charge is 2.13. The summed E-state index contributed by atoms with van der Waals surface area (Å²) in [6, 6.07) is 6.52. The second-order valence-electron chi connectivity index (χ2n) is 5.79. The van der Waals surface area contributed by atoms with Gasteiger partial charge in [0.05, 0.1) is 23.6 Å². The van der Waals surface area contributed by atoms with Gasteiger partial charge in [-0.2, -0.15) is 5.26 Å². The highest BCUT2D eigenvalue weighted by atomic mass is 15.2. The molecule has 0 saturated heterocycles. The van der Waals surface area contributed by atoms with Crippen molar-refractivity contribution in [1.29, 1.82) is 5.26 Å². The molecular formula is C17H24N4. The van der Waals surface area contributed by atoms with Gasteiger partial charge in [0.25, 0.3) is 0 Å². The molecule has 1 heterocycles. The summed E-state index contributed by atoms with van der Waals surface area (Å²) >= 11 is 0. The lowest BCUT2D eigenvalue weighted by molar-refractivity contribution is 0.309. The molecule has 0 unspecified atom stereocenters. The van der Waals surface area contributed by atoms with E-state index < -0.39 is 0 Å². The van der Waals surface area contributed by atoms with E-state index in [9.17, 15) is 0 Å². The molecule has 0 spiro atoms. The third-order valence-electron chi connectivity index (χ3n) is 3.98. The number of rotatable bonds is 6. The minimum Gasteiger partial charge on any atom is -0.313 e. The molecule has 0 atom stereocenters. The van der Waals surface area contributed by atoms with Crippen molar-refractivity contribution in [3.05, 3.63) is 29.1 Å². The second-order valence-corrected chi connectivity index (χ2v) is 5.79. The molecule has 2 rings (SSSR count). The van der Waals surface area contributed by atoms with Crippen LogP contribution in [0.25, 0.3) is 11.0 Å². The van der Waals surface area contributed by atoms with Crippen molar-refractivity contribution in [2.45, 2.75) is 46.7 Å². The summed E-state index contributed by atoms with van der Waals surface area (Å²) in [5.41, 5.74) is 4.55. The topological polar surface area (TPSA) is 44.9 Å². The van der Waals surface area contributed by atoms with Crippen LogP contribution in [0.5, 0.6) is 0 Å². The van der Waals surface area contributed by atoms with Gasteiger partial charge in [-0.1, -0.05) is 13.3 Å². The molecule has 0 radical (unpaired) electrons. The quantitative estimate of drug-likeness (QED) is 0.816. The van der Waals surface area contributed by atoms with Gasteiger partial charge in [-0.25, -0.2) is 4.98 Å². The molecule has 1 aromatic carbocycles. The van der Waals surface area contributed by atoms with Crippen LogP contribution in [0.4, 0.5) is 0 Å². The van der Waals surface area contributed by atoms with Gasteiger partial charge in [-0.05, 0) is 57.1 Å². The lowest BCUT2D eigenvalue weighted by atomic mass is 10.1. The summed E-state index contributed by atoms with van der Waals surface area (Å²) in [6.45, 7) is 8.61. The molecule has 0 aliphatic carbocycles. The van der Waals surface area contributed by atoms with Gasteiger partial charge in [-0.3, -0.25) is 4.90 Å². The molecule has 0 aliphatic rings. The van der Waals surface area contributed by atoms with E-state index in [1.807, 2.05) is 4.57 Å². The maximum absolute atomic E-state index is 9.11. The lowest BCUT2D eigenvalue weighted by Gasteiger charge is -2.16. The second kappa shape index (κ2) is 6.73. The van der Waals surface area contributed by atoms with E-state index in [0.29, 0.717) is 6.54 Å². The van der Waals surface area contributed by atoms with Gasteiger partial charge in [0.1, 0.15) is 12.4 Å². The molecular weight excluding hydrogens is 260 g/mol. The van der Waals surface area contributed by atoms with Gasteiger partial charge in [0.15, 0.2) is 0 Å². The van der Waals surface area contributed by atoms with Crippen LogP contribution in [0.1, 0.15) is 36.7 Å². The van der Waals surface area contributed by atoms with Gasteiger partial charge >= 0.3 is 0 Å². The molecule has 0 fully saturated rings. The highest BCUT2D eigenvalue weighted by molar-refractivity contribution is 5.78. The number of hydrogen-bond acceptors (Lipinski definition) is 3. The summed E-state index contributed by atoms with van der Waals surface area (Å²) in [4.78, 5) is 7.03. The van der Waals surface area contributed by atoms with Crippen molar-refractivity contribution in [1.82, 2.24) is 14.5 Å². The molecule has 4 heteroatoms. The normalized spacial score (nSPS) is 11.2. The number of unbranched alkanes of at least 4 members (excludes halogenated alkanes) is 1. The number of hydrogen-bond donors (Lipinski definition) is 0. The minimum absolute atomic E-state index is 0.357. The summed E-state index contributed by atoms with van der Waals surface area (Å²) in [5.74, 6) is 0.982. The Morgan fingerprint density at radius 3 is 2.67 bits per heavy atom. The van der Waals surface area contributed by atoms with E-state index in [1.54, 1.807) is 0 Å². The number of aromatic nitrogens is 2. The zero-order valence-electron chi connectivity index (χ0n) is 13.5. The fourth-order valence-corrected chi connectivity index (χ4v) is 2.55. The Hall–Kier alpha value is -1.86. The molecule has 1 aromatic heterocycles. The molecule has 0 aliphatic heterocycles. The van der Waals surface area contributed by atoms with Crippen LogP contribution in [-0.2, 0) is 13.1 Å². The zero-order chi connectivity index (χ0) is 15.4. The Labute approximate surface area is 127 Å². The van der Waals surface area contributed by atoms with Gasteiger partial charge in [-0.15, -0.1) is 0 Å². The van der Waals surface area contributed by atoms with Crippen molar-refractivity contribution in [2.75, 3.05) is 13.6 Å². The molecule has 0 N–H and O–H groups in total. The third kappa shape index (κ3) is 3.43. The number of fused-ring (bicyclic) bond motifs is 1. The van der Waals surface area contributed by atoms with Crippen molar-refractivity contribution in [3.63, 3.8) is 0 Å². The molecule has 21 heavy (non-hydrogen) atoms. The standard InChI is InChI=1S/C17H24N4/c1-5-6-8-20(4)12-17-19-15-10-13(2)14(3)11-16(15)21(17)9-7-18/h10-11H,5-6,8-9,12H2,1-4H3. The first kappa shape index (κ1) is 15.5. The van der Waals surface area contributed by atoms with Crippen LogP contribution in [0.3, 0.4) is 0 Å². The lowest BCUT2D eigenvalue weighted by Crippen LogP contribution is -2.21. The molecule has 0 amide bonds. The summed E-state index contributed by atoms with van der Waals surface area (Å²) in [7, 11) is 2.11. The van der Waals surface area contributed by atoms with Crippen LogP contribution >= 0.6 is 0 Å².